The van der Waals surface area contributed by atoms with Gasteiger partial charge in [-0.15, -0.1) is 0 Å². The molecule has 0 heterocycles. The van der Waals surface area contributed by atoms with Crippen molar-refractivity contribution in [2.75, 3.05) is 17.7 Å². The number of halogens is 1. The van der Waals surface area contributed by atoms with Crippen molar-refractivity contribution in [3.63, 3.8) is 0 Å². The largest absolute Gasteiger partial charge is 0.497 e. The molecule has 0 saturated heterocycles. The van der Waals surface area contributed by atoms with Crippen LogP contribution in [-0.2, 0) is 16.1 Å². The van der Waals surface area contributed by atoms with Gasteiger partial charge in [-0.25, -0.2) is 0 Å². The molecular formula is C25H26ClN3O3. The number of benzene rings is 3. The monoisotopic (exact) mass is 451 g/mol. The summed E-state index contributed by atoms with van der Waals surface area (Å²) in [6.45, 7) is 2.07. The SMILES string of the molecule is COc1ccc(C(CC(=O)Nc2ccc(NCc3ccccc3)c(Cl)c2)NC(C)=O)cc1. The van der Waals surface area contributed by atoms with E-state index in [1.807, 2.05) is 48.5 Å². The summed E-state index contributed by atoms with van der Waals surface area (Å²) < 4.78 is 5.17. The van der Waals surface area contributed by atoms with Gasteiger partial charge in [0.1, 0.15) is 5.75 Å². The molecule has 0 bridgehead atoms. The van der Waals surface area contributed by atoms with E-state index in [4.69, 9.17) is 16.3 Å². The quantitative estimate of drug-likeness (QED) is 0.419. The van der Waals surface area contributed by atoms with Crippen LogP contribution in [0.15, 0.2) is 72.8 Å². The van der Waals surface area contributed by atoms with Crippen LogP contribution in [0, 0.1) is 0 Å². The van der Waals surface area contributed by atoms with Crippen molar-refractivity contribution >= 4 is 34.8 Å². The highest BCUT2D eigenvalue weighted by Gasteiger charge is 2.18. The van der Waals surface area contributed by atoms with Gasteiger partial charge in [-0.3, -0.25) is 9.59 Å². The van der Waals surface area contributed by atoms with Gasteiger partial charge in [0, 0.05) is 19.2 Å². The average molecular weight is 452 g/mol. The van der Waals surface area contributed by atoms with Crippen molar-refractivity contribution in [3.8, 4) is 5.75 Å². The van der Waals surface area contributed by atoms with Gasteiger partial charge < -0.3 is 20.7 Å². The third kappa shape index (κ3) is 6.75. The number of anilines is 2. The highest BCUT2D eigenvalue weighted by atomic mass is 35.5. The molecule has 7 heteroatoms. The lowest BCUT2D eigenvalue weighted by Gasteiger charge is -2.19. The third-order valence-corrected chi connectivity index (χ3v) is 5.18. The van der Waals surface area contributed by atoms with Gasteiger partial charge in [-0.05, 0) is 41.5 Å². The van der Waals surface area contributed by atoms with Crippen molar-refractivity contribution in [2.45, 2.75) is 25.9 Å². The molecule has 0 aliphatic carbocycles. The summed E-state index contributed by atoms with van der Waals surface area (Å²) in [5.74, 6) is 0.256. The third-order valence-electron chi connectivity index (χ3n) is 4.86. The fraction of sp³-hybridized carbons (Fsp3) is 0.200. The molecule has 0 aliphatic rings. The Morgan fingerprint density at radius 2 is 1.72 bits per heavy atom. The second-order valence-electron chi connectivity index (χ2n) is 7.31. The number of hydrogen-bond acceptors (Lipinski definition) is 4. The molecular weight excluding hydrogens is 426 g/mol. The van der Waals surface area contributed by atoms with E-state index in [2.05, 4.69) is 16.0 Å². The van der Waals surface area contributed by atoms with E-state index in [0.717, 1.165) is 16.8 Å². The van der Waals surface area contributed by atoms with Crippen LogP contribution in [0.4, 0.5) is 11.4 Å². The van der Waals surface area contributed by atoms with E-state index < -0.39 is 6.04 Å². The van der Waals surface area contributed by atoms with Crippen molar-refractivity contribution in [1.82, 2.24) is 5.32 Å². The zero-order chi connectivity index (χ0) is 22.9. The normalized spacial score (nSPS) is 11.3. The second-order valence-corrected chi connectivity index (χ2v) is 7.72. The number of ether oxygens (including phenoxy) is 1. The van der Waals surface area contributed by atoms with Crippen molar-refractivity contribution in [3.05, 3.63) is 88.9 Å². The summed E-state index contributed by atoms with van der Waals surface area (Å²) in [6.07, 6.45) is 0.0809. The lowest BCUT2D eigenvalue weighted by Crippen LogP contribution is -2.29. The van der Waals surface area contributed by atoms with Crippen LogP contribution < -0.4 is 20.7 Å². The van der Waals surface area contributed by atoms with Gasteiger partial charge in [-0.2, -0.15) is 0 Å². The number of hydrogen-bond donors (Lipinski definition) is 3. The fourth-order valence-corrected chi connectivity index (χ4v) is 3.51. The number of rotatable bonds is 9. The number of nitrogens with one attached hydrogen (secondary N) is 3. The van der Waals surface area contributed by atoms with Gasteiger partial charge >= 0.3 is 0 Å². The van der Waals surface area contributed by atoms with Crippen LogP contribution in [-0.4, -0.2) is 18.9 Å². The van der Waals surface area contributed by atoms with Crippen LogP contribution >= 0.6 is 11.6 Å². The Bertz CT molecular complexity index is 1060. The standard InChI is InChI=1S/C25H26ClN3O3/c1-17(30)28-24(19-8-11-21(32-2)12-9-19)15-25(31)29-20-10-13-23(22(26)14-20)27-16-18-6-4-3-5-7-18/h3-14,24,27H,15-16H2,1-2H3,(H,28,30)(H,29,31). The zero-order valence-electron chi connectivity index (χ0n) is 18.0. The summed E-state index contributed by atoms with van der Waals surface area (Å²) in [6, 6.07) is 22.1. The molecule has 0 radical (unpaired) electrons. The maximum Gasteiger partial charge on any atom is 0.226 e. The van der Waals surface area contributed by atoms with Gasteiger partial charge in [0.15, 0.2) is 0 Å². The number of methoxy groups -OCH3 is 1. The number of carbonyl (C=O) groups is 2. The first kappa shape index (κ1) is 23.2. The van der Waals surface area contributed by atoms with Gasteiger partial charge in [0.05, 0.1) is 30.3 Å². The Hall–Kier alpha value is -3.51. The molecule has 32 heavy (non-hydrogen) atoms. The molecule has 0 saturated carbocycles. The first-order valence-electron chi connectivity index (χ1n) is 10.2. The lowest BCUT2D eigenvalue weighted by molar-refractivity contribution is -0.120. The Kier molecular flexibility index (Phi) is 8.11. The molecule has 6 nitrogen and oxygen atoms in total. The Labute approximate surface area is 192 Å². The molecule has 3 N–H and O–H groups in total. The molecule has 0 fully saturated rings. The number of amides is 2. The molecule has 0 aromatic heterocycles. The summed E-state index contributed by atoms with van der Waals surface area (Å²) >= 11 is 6.40. The summed E-state index contributed by atoms with van der Waals surface area (Å²) in [5, 5.41) is 9.48. The molecule has 0 spiro atoms. The van der Waals surface area contributed by atoms with Crippen LogP contribution in [0.25, 0.3) is 0 Å². The molecule has 0 aliphatic heterocycles. The van der Waals surface area contributed by atoms with Crippen LogP contribution in [0.1, 0.15) is 30.5 Å². The van der Waals surface area contributed by atoms with Gasteiger partial charge in [0.2, 0.25) is 11.8 Å². The topological polar surface area (TPSA) is 79.5 Å². The summed E-state index contributed by atoms with van der Waals surface area (Å²) in [4.78, 5) is 24.3. The smallest absolute Gasteiger partial charge is 0.226 e. The highest BCUT2D eigenvalue weighted by molar-refractivity contribution is 6.33. The van der Waals surface area contributed by atoms with E-state index in [9.17, 15) is 9.59 Å². The zero-order valence-corrected chi connectivity index (χ0v) is 18.8. The minimum absolute atomic E-state index is 0.0809. The predicted octanol–water partition coefficient (Wildman–Crippen LogP) is 5.17. The van der Waals surface area contributed by atoms with Crippen LogP contribution in [0.5, 0.6) is 5.75 Å². The maximum absolute atomic E-state index is 12.7. The Balaban J connectivity index is 1.62. The van der Waals surface area contributed by atoms with Gasteiger partial charge in [0.25, 0.3) is 0 Å². The molecule has 3 rings (SSSR count). The van der Waals surface area contributed by atoms with E-state index in [1.54, 1.807) is 31.4 Å². The maximum atomic E-state index is 12.7. The Morgan fingerprint density at radius 3 is 2.34 bits per heavy atom. The minimum Gasteiger partial charge on any atom is -0.497 e. The van der Waals surface area contributed by atoms with Crippen LogP contribution in [0.3, 0.4) is 0 Å². The summed E-state index contributed by atoms with van der Waals surface area (Å²) in [5.41, 5.74) is 3.32. The minimum atomic E-state index is -0.458. The second kappa shape index (κ2) is 11.2. The van der Waals surface area contributed by atoms with E-state index in [-0.39, 0.29) is 18.2 Å². The molecule has 1 unspecified atom stereocenters. The highest BCUT2D eigenvalue weighted by Crippen LogP contribution is 2.27. The Morgan fingerprint density at radius 1 is 1.00 bits per heavy atom. The molecule has 166 valence electrons. The van der Waals surface area contributed by atoms with Gasteiger partial charge in [-0.1, -0.05) is 54.1 Å². The fourth-order valence-electron chi connectivity index (χ4n) is 3.26. The van der Waals surface area contributed by atoms with Crippen molar-refractivity contribution in [2.24, 2.45) is 0 Å². The van der Waals surface area contributed by atoms with E-state index in [0.29, 0.717) is 23.0 Å². The van der Waals surface area contributed by atoms with E-state index in [1.165, 1.54) is 6.92 Å². The average Bonchev–Trinajstić information content (AvgIpc) is 2.78. The van der Waals surface area contributed by atoms with Crippen LogP contribution in [0.2, 0.25) is 5.02 Å². The van der Waals surface area contributed by atoms with E-state index >= 15 is 0 Å². The molecule has 3 aromatic rings. The first-order chi connectivity index (χ1) is 15.4. The number of carbonyl (C=O) groups excluding carboxylic acids is 2. The molecule has 2 amide bonds. The van der Waals surface area contributed by atoms with Crippen molar-refractivity contribution < 1.29 is 14.3 Å². The molecule has 3 aromatic carbocycles. The lowest BCUT2D eigenvalue weighted by atomic mass is 10.0. The predicted molar refractivity (Wildman–Crippen MR) is 128 cm³/mol. The van der Waals surface area contributed by atoms with Crippen molar-refractivity contribution in [1.29, 1.82) is 0 Å². The molecule has 1 atom stereocenters. The first-order valence-corrected chi connectivity index (χ1v) is 10.6. The summed E-state index contributed by atoms with van der Waals surface area (Å²) in [7, 11) is 1.58.